The molecule has 2 N–H and O–H groups in total. The summed E-state index contributed by atoms with van der Waals surface area (Å²) in [5, 5.41) is 4.67. The topological polar surface area (TPSA) is 82.5 Å². The molecular formula is C7H9BrN6S. The van der Waals surface area contributed by atoms with Gasteiger partial charge in [0.2, 0.25) is 15.8 Å². The van der Waals surface area contributed by atoms with Crippen LogP contribution in [0.15, 0.2) is 4.73 Å². The minimum Gasteiger partial charge on any atom is -0.366 e. The third kappa shape index (κ3) is 2.15. The normalized spacial score (nSPS) is 10.8. The van der Waals surface area contributed by atoms with E-state index >= 15 is 0 Å². The molecule has 80 valence electrons. The maximum absolute atomic E-state index is 5.47. The van der Waals surface area contributed by atoms with Crippen molar-refractivity contribution >= 4 is 33.4 Å². The lowest BCUT2D eigenvalue weighted by Gasteiger charge is -1.92. The summed E-state index contributed by atoms with van der Waals surface area (Å²) >= 11 is 4.53. The van der Waals surface area contributed by atoms with Crippen LogP contribution in [0.4, 0.5) is 5.95 Å². The molecule has 0 spiro atoms. The minimum atomic E-state index is 0.217. The van der Waals surface area contributed by atoms with E-state index in [2.05, 4.69) is 42.3 Å². The van der Waals surface area contributed by atoms with Gasteiger partial charge >= 0.3 is 0 Å². The maximum Gasteiger partial charge on any atom is 0.241 e. The minimum absolute atomic E-state index is 0.217. The van der Waals surface area contributed by atoms with Crippen molar-refractivity contribution in [3.63, 3.8) is 0 Å². The average Bonchev–Trinajstić information content (AvgIpc) is 2.73. The highest BCUT2D eigenvalue weighted by atomic mass is 79.9. The predicted molar refractivity (Wildman–Crippen MR) is 60.9 cm³/mol. The summed E-state index contributed by atoms with van der Waals surface area (Å²) in [4.78, 5) is 8.25. The van der Waals surface area contributed by atoms with Gasteiger partial charge in [0.1, 0.15) is 5.82 Å². The first kappa shape index (κ1) is 10.5. The van der Waals surface area contributed by atoms with Crippen molar-refractivity contribution in [2.75, 3.05) is 5.73 Å². The Kier molecular flexibility index (Phi) is 2.96. The van der Waals surface area contributed by atoms with Gasteiger partial charge in [-0.15, -0.1) is 5.10 Å². The summed E-state index contributed by atoms with van der Waals surface area (Å²) in [5.41, 5.74) is 5.47. The molecule has 0 aliphatic carbocycles. The van der Waals surface area contributed by atoms with E-state index in [1.54, 1.807) is 0 Å². The van der Waals surface area contributed by atoms with Gasteiger partial charge in [-0.2, -0.15) is 14.0 Å². The second-order valence-corrected chi connectivity index (χ2v) is 4.33. The highest BCUT2D eigenvalue weighted by Gasteiger charge is 2.11. The quantitative estimate of drug-likeness (QED) is 0.924. The van der Waals surface area contributed by atoms with Gasteiger partial charge in [-0.1, -0.05) is 6.92 Å². The van der Waals surface area contributed by atoms with Gasteiger partial charge in [-0.25, -0.2) is 4.98 Å². The monoisotopic (exact) mass is 288 g/mol. The van der Waals surface area contributed by atoms with Crippen LogP contribution >= 0.6 is 27.5 Å². The van der Waals surface area contributed by atoms with Gasteiger partial charge in [0.05, 0.1) is 0 Å². The number of halogens is 1. The van der Waals surface area contributed by atoms with Crippen LogP contribution < -0.4 is 5.73 Å². The van der Waals surface area contributed by atoms with Crippen molar-refractivity contribution in [2.24, 2.45) is 0 Å². The molecule has 2 aromatic rings. The Bertz CT molecular complexity index is 464. The number of hydrogen-bond donors (Lipinski definition) is 1. The summed E-state index contributed by atoms with van der Waals surface area (Å²) in [7, 11) is 0. The van der Waals surface area contributed by atoms with E-state index in [0.29, 0.717) is 9.87 Å². The molecule has 0 amide bonds. The van der Waals surface area contributed by atoms with Gasteiger partial charge in [0, 0.05) is 18.0 Å². The van der Waals surface area contributed by atoms with E-state index in [9.17, 15) is 0 Å². The fourth-order valence-corrected chi connectivity index (χ4v) is 2.30. The van der Waals surface area contributed by atoms with E-state index in [0.717, 1.165) is 18.7 Å². The van der Waals surface area contributed by atoms with Crippen LogP contribution in [0.1, 0.15) is 19.2 Å². The molecule has 0 radical (unpaired) electrons. The van der Waals surface area contributed by atoms with Gasteiger partial charge in [-0.3, -0.25) is 0 Å². The molecule has 0 atom stereocenters. The number of nitrogens with zero attached hydrogens (tertiary/aromatic N) is 5. The first-order valence-corrected chi connectivity index (χ1v) is 5.98. The summed E-state index contributed by atoms with van der Waals surface area (Å²) < 4.78 is 6.29. The highest BCUT2D eigenvalue weighted by Crippen LogP contribution is 2.17. The first-order valence-electron chi connectivity index (χ1n) is 4.41. The Morgan fingerprint density at radius 2 is 2.27 bits per heavy atom. The summed E-state index contributed by atoms with van der Waals surface area (Å²) in [6.07, 6.45) is 1.90. The third-order valence-corrected chi connectivity index (χ3v) is 2.94. The molecule has 15 heavy (non-hydrogen) atoms. The van der Waals surface area contributed by atoms with Gasteiger partial charge in [0.15, 0.2) is 0 Å². The number of anilines is 1. The lowest BCUT2D eigenvalue weighted by atomic mass is 10.3. The molecule has 0 saturated carbocycles. The molecule has 0 aliphatic rings. The van der Waals surface area contributed by atoms with E-state index in [4.69, 9.17) is 5.73 Å². The second kappa shape index (κ2) is 4.23. The number of nitrogens with two attached hydrogens (primary N) is 1. The second-order valence-electron chi connectivity index (χ2n) is 2.89. The number of aromatic nitrogens is 5. The van der Waals surface area contributed by atoms with Crippen LogP contribution in [0.3, 0.4) is 0 Å². The number of hydrogen-bond acceptors (Lipinski definition) is 6. The molecule has 0 unspecified atom stereocenters. The van der Waals surface area contributed by atoms with Gasteiger partial charge in [0.25, 0.3) is 0 Å². The lowest BCUT2D eigenvalue weighted by molar-refractivity contribution is 0.815. The lowest BCUT2D eigenvalue weighted by Crippen LogP contribution is -1.97. The Balaban J connectivity index is 2.32. The molecule has 0 saturated heterocycles. The predicted octanol–water partition coefficient (Wildman–Crippen LogP) is 1.42. The maximum atomic E-state index is 5.47. The van der Waals surface area contributed by atoms with Crippen molar-refractivity contribution in [2.45, 2.75) is 19.8 Å². The largest absolute Gasteiger partial charge is 0.366 e. The van der Waals surface area contributed by atoms with Crippen molar-refractivity contribution < 1.29 is 0 Å². The van der Waals surface area contributed by atoms with E-state index in [-0.39, 0.29) is 5.95 Å². The van der Waals surface area contributed by atoms with E-state index in [1.807, 2.05) is 0 Å². The molecule has 0 aromatic carbocycles. The third-order valence-electron chi connectivity index (χ3n) is 1.70. The molecular weight excluding hydrogens is 280 g/mol. The summed E-state index contributed by atoms with van der Waals surface area (Å²) in [5.74, 6) is 1.05. The zero-order valence-electron chi connectivity index (χ0n) is 8.01. The molecule has 8 heteroatoms. The molecule has 6 nitrogen and oxygen atoms in total. The van der Waals surface area contributed by atoms with Crippen LogP contribution in [0.25, 0.3) is 5.13 Å². The van der Waals surface area contributed by atoms with Gasteiger partial charge < -0.3 is 5.73 Å². The van der Waals surface area contributed by atoms with Crippen molar-refractivity contribution in [3.05, 3.63) is 10.6 Å². The molecule has 2 rings (SSSR count). The highest BCUT2D eigenvalue weighted by molar-refractivity contribution is 9.10. The summed E-state index contributed by atoms with van der Waals surface area (Å²) in [6, 6.07) is 0. The molecule has 2 aromatic heterocycles. The van der Waals surface area contributed by atoms with Crippen molar-refractivity contribution in [1.82, 2.24) is 24.1 Å². The first-order chi connectivity index (χ1) is 7.20. The van der Waals surface area contributed by atoms with Crippen molar-refractivity contribution in [1.29, 1.82) is 0 Å². The van der Waals surface area contributed by atoms with Crippen LogP contribution in [-0.4, -0.2) is 24.1 Å². The Morgan fingerprint density at radius 3 is 2.87 bits per heavy atom. The number of nitrogen functional groups attached to an aromatic ring is 1. The molecule has 0 bridgehead atoms. The Labute approximate surface area is 98.8 Å². The Morgan fingerprint density at radius 1 is 1.47 bits per heavy atom. The molecule has 0 fully saturated rings. The smallest absolute Gasteiger partial charge is 0.241 e. The zero-order valence-corrected chi connectivity index (χ0v) is 10.4. The van der Waals surface area contributed by atoms with Crippen molar-refractivity contribution in [3.8, 4) is 5.13 Å². The van der Waals surface area contributed by atoms with Crippen LogP contribution in [-0.2, 0) is 6.42 Å². The SMILES string of the molecule is CCCc1nsc(-n2nc(N)nc2Br)n1. The summed E-state index contributed by atoms with van der Waals surface area (Å²) in [6.45, 7) is 2.09. The zero-order chi connectivity index (χ0) is 10.8. The van der Waals surface area contributed by atoms with E-state index in [1.165, 1.54) is 16.2 Å². The van der Waals surface area contributed by atoms with Crippen LogP contribution in [0, 0.1) is 0 Å². The van der Waals surface area contributed by atoms with Crippen LogP contribution in [0.5, 0.6) is 0 Å². The number of aryl methyl sites for hydroxylation is 1. The Hall–Kier alpha value is -1.02. The van der Waals surface area contributed by atoms with E-state index < -0.39 is 0 Å². The standard InChI is InChI=1S/C7H9BrN6S/c1-2-3-4-10-7(15-13-4)14-5(8)11-6(9)12-14/h2-3H2,1H3,(H2,9,12). The average molecular weight is 289 g/mol. The van der Waals surface area contributed by atoms with Gasteiger partial charge in [-0.05, 0) is 22.4 Å². The molecule has 2 heterocycles. The number of rotatable bonds is 3. The fraction of sp³-hybridized carbons (Fsp3) is 0.429. The molecule has 0 aliphatic heterocycles. The van der Waals surface area contributed by atoms with Crippen LogP contribution in [0.2, 0.25) is 0 Å². The fourth-order valence-electron chi connectivity index (χ4n) is 1.09.